The average Bonchev–Trinajstić information content (AvgIpc) is 3.45. The molecule has 5 rings (SSSR count). The molecule has 0 aliphatic heterocycles. The number of ether oxygens (including phenoxy) is 2. The second kappa shape index (κ2) is 15.6. The van der Waals surface area contributed by atoms with E-state index in [9.17, 15) is 9.59 Å². The molecule has 3 N–H and O–H groups in total. The number of carbonyl (C=O) groups is 2. The number of likely N-dealkylation sites (N-methyl/N-ethyl adjacent to an activating group) is 1. The van der Waals surface area contributed by atoms with Gasteiger partial charge in [0.2, 0.25) is 11.8 Å². The highest BCUT2D eigenvalue weighted by molar-refractivity contribution is 6.38. The highest BCUT2D eigenvalue weighted by Crippen LogP contribution is 2.36. The summed E-state index contributed by atoms with van der Waals surface area (Å²) < 4.78 is 13.7. The minimum Gasteiger partial charge on any atom is -0.486 e. The number of aromatic nitrogens is 3. The molecular weight excluding hydrogens is 641 g/mol. The molecule has 0 atom stereocenters. The van der Waals surface area contributed by atoms with E-state index in [0.29, 0.717) is 46.5 Å². The van der Waals surface area contributed by atoms with Crippen molar-refractivity contribution in [3.63, 3.8) is 0 Å². The fourth-order valence-corrected chi connectivity index (χ4v) is 5.58. The Balaban J connectivity index is 1.23. The number of rotatable bonds is 14. The van der Waals surface area contributed by atoms with Crippen molar-refractivity contribution >= 4 is 57.4 Å². The van der Waals surface area contributed by atoms with Crippen LogP contribution in [0.5, 0.6) is 11.8 Å². The third kappa shape index (κ3) is 8.12. The molecule has 47 heavy (non-hydrogen) atoms. The van der Waals surface area contributed by atoms with E-state index in [1.165, 1.54) is 4.90 Å². The van der Waals surface area contributed by atoms with Crippen LogP contribution in [0, 0.1) is 0 Å². The van der Waals surface area contributed by atoms with Crippen molar-refractivity contribution in [3.8, 4) is 11.8 Å². The van der Waals surface area contributed by atoms with Crippen LogP contribution in [0.3, 0.4) is 0 Å². The van der Waals surface area contributed by atoms with E-state index in [1.807, 2.05) is 59.2 Å². The Morgan fingerprint density at radius 2 is 1.81 bits per heavy atom. The van der Waals surface area contributed by atoms with Crippen LogP contribution in [0.15, 0.2) is 79.0 Å². The van der Waals surface area contributed by atoms with Crippen LogP contribution in [-0.2, 0) is 29.2 Å². The first-order valence-electron chi connectivity index (χ1n) is 14.9. The molecule has 0 saturated heterocycles. The molecule has 3 aromatic carbocycles. The molecule has 0 bridgehead atoms. The van der Waals surface area contributed by atoms with Gasteiger partial charge < -0.3 is 25.1 Å². The molecule has 244 valence electrons. The molecule has 2 heterocycles. The van der Waals surface area contributed by atoms with Gasteiger partial charge in [-0.3, -0.25) is 19.1 Å². The second-order valence-electron chi connectivity index (χ2n) is 10.6. The molecule has 11 nitrogen and oxygen atoms in total. The average molecular weight is 677 g/mol. The summed E-state index contributed by atoms with van der Waals surface area (Å²) in [6.07, 6.45) is 2.54. The van der Waals surface area contributed by atoms with Gasteiger partial charge >= 0.3 is 0 Å². The van der Waals surface area contributed by atoms with E-state index in [4.69, 9.17) is 32.7 Å². The largest absolute Gasteiger partial charge is 0.486 e. The Morgan fingerprint density at radius 3 is 2.53 bits per heavy atom. The summed E-state index contributed by atoms with van der Waals surface area (Å²) in [5.41, 5.74) is 11.0. The van der Waals surface area contributed by atoms with Gasteiger partial charge in [0, 0.05) is 43.0 Å². The van der Waals surface area contributed by atoms with E-state index < -0.39 is 0 Å². The van der Waals surface area contributed by atoms with Crippen LogP contribution in [0.1, 0.15) is 23.2 Å². The van der Waals surface area contributed by atoms with Crippen molar-refractivity contribution in [1.82, 2.24) is 25.3 Å². The standard InChI is InChI=1S/C34H35Cl2N7O4/c1-37-41-23-13-10-22(11-14-23)12-17-30(44)39-19-31(45)42(2)27-16-15-26(35)25(32(27)36)21-47-29-9-6-8-28-33(29)40-34(46-3)43(28)20-24-7-4-5-18-38-24/h4-11,13-16,18,37,41H,12,17,19-21H2,1-3H3,(H,39,44). The number of halogens is 2. The Labute approximate surface area is 282 Å². The molecule has 13 heteroatoms. The lowest BCUT2D eigenvalue weighted by Crippen LogP contribution is -2.38. The van der Waals surface area contributed by atoms with Crippen LogP contribution in [-0.4, -0.2) is 54.1 Å². The number of benzene rings is 3. The van der Waals surface area contributed by atoms with Crippen LogP contribution in [0.2, 0.25) is 10.0 Å². The normalized spacial score (nSPS) is 10.9. The molecule has 0 fully saturated rings. The Hall–Kier alpha value is -4.84. The lowest BCUT2D eigenvalue weighted by molar-refractivity contribution is -0.124. The van der Waals surface area contributed by atoms with E-state index in [2.05, 4.69) is 26.1 Å². The predicted octanol–water partition coefficient (Wildman–Crippen LogP) is 5.63. The predicted molar refractivity (Wildman–Crippen MR) is 184 cm³/mol. The Bertz CT molecular complexity index is 1850. The summed E-state index contributed by atoms with van der Waals surface area (Å²) in [5.74, 6) is -0.0585. The number of imidazole rings is 1. The second-order valence-corrected chi connectivity index (χ2v) is 11.4. The van der Waals surface area contributed by atoms with Crippen LogP contribution < -0.4 is 30.5 Å². The lowest BCUT2D eigenvalue weighted by Gasteiger charge is -2.21. The summed E-state index contributed by atoms with van der Waals surface area (Å²) in [6, 6.07) is 22.8. The SMILES string of the molecule is CNNc1ccc(CCC(=O)NCC(=O)N(C)c2ccc(Cl)c(COc3cccc4c3nc(OC)n4Cc3ccccn3)c2Cl)cc1. The van der Waals surface area contributed by atoms with Crippen molar-refractivity contribution in [1.29, 1.82) is 0 Å². The molecule has 0 spiro atoms. The number of nitrogens with zero attached hydrogens (tertiary/aromatic N) is 4. The quantitative estimate of drug-likeness (QED) is 0.129. The fraction of sp³-hybridized carbons (Fsp3) is 0.235. The van der Waals surface area contributed by atoms with E-state index in [1.54, 1.807) is 45.6 Å². The van der Waals surface area contributed by atoms with Crippen LogP contribution >= 0.6 is 23.2 Å². The van der Waals surface area contributed by atoms with Crippen molar-refractivity contribution in [2.75, 3.05) is 38.1 Å². The number of anilines is 2. The van der Waals surface area contributed by atoms with Gasteiger partial charge in [0.05, 0.1) is 42.1 Å². The maximum Gasteiger partial charge on any atom is 0.297 e. The van der Waals surface area contributed by atoms with Crippen molar-refractivity contribution in [2.24, 2.45) is 0 Å². The zero-order valence-electron chi connectivity index (χ0n) is 26.2. The Kier molecular flexibility index (Phi) is 11.2. The minimum absolute atomic E-state index is 0.0187. The lowest BCUT2D eigenvalue weighted by atomic mass is 10.1. The van der Waals surface area contributed by atoms with Crippen molar-refractivity contribution < 1.29 is 19.1 Å². The van der Waals surface area contributed by atoms with Gasteiger partial charge in [-0.05, 0) is 60.5 Å². The van der Waals surface area contributed by atoms with E-state index in [-0.39, 0.29) is 36.4 Å². The summed E-state index contributed by atoms with van der Waals surface area (Å²) in [7, 11) is 4.94. The number of methoxy groups -OCH3 is 1. The molecule has 0 saturated carbocycles. The van der Waals surface area contributed by atoms with Gasteiger partial charge in [0.25, 0.3) is 6.01 Å². The molecule has 0 aliphatic rings. The number of aryl methyl sites for hydroxylation is 1. The number of hydrogen-bond donors (Lipinski definition) is 3. The highest BCUT2D eigenvalue weighted by atomic mass is 35.5. The zero-order chi connectivity index (χ0) is 33.3. The molecule has 2 aromatic heterocycles. The summed E-state index contributed by atoms with van der Waals surface area (Å²) in [5, 5.41) is 3.35. The maximum absolute atomic E-state index is 13.0. The van der Waals surface area contributed by atoms with Crippen LogP contribution in [0.4, 0.5) is 11.4 Å². The molecule has 0 unspecified atom stereocenters. The van der Waals surface area contributed by atoms with E-state index >= 15 is 0 Å². The number of fused-ring (bicyclic) bond motifs is 1. The maximum atomic E-state index is 13.0. The number of nitrogens with one attached hydrogen (secondary N) is 3. The third-order valence-corrected chi connectivity index (χ3v) is 8.29. The first kappa shape index (κ1) is 33.5. The van der Waals surface area contributed by atoms with Gasteiger partial charge in [-0.25, -0.2) is 5.43 Å². The summed E-state index contributed by atoms with van der Waals surface area (Å²) in [6.45, 7) is 0.300. The number of pyridine rings is 1. The number of hydrazine groups is 1. The van der Waals surface area contributed by atoms with Gasteiger partial charge in [-0.2, -0.15) is 4.98 Å². The molecule has 5 aromatic rings. The number of para-hydroxylation sites is 1. The first-order valence-corrected chi connectivity index (χ1v) is 15.6. The number of amides is 2. The third-order valence-electron chi connectivity index (χ3n) is 7.51. The molecular formula is C34H35Cl2N7O4. The molecule has 2 amide bonds. The van der Waals surface area contributed by atoms with Crippen LogP contribution in [0.25, 0.3) is 11.0 Å². The van der Waals surface area contributed by atoms with Gasteiger partial charge in [-0.15, -0.1) is 0 Å². The Morgan fingerprint density at radius 1 is 1.00 bits per heavy atom. The van der Waals surface area contributed by atoms with Crippen molar-refractivity contribution in [3.05, 3.63) is 106 Å². The summed E-state index contributed by atoms with van der Waals surface area (Å²) >= 11 is 13.3. The topological polar surface area (TPSA) is 123 Å². The van der Waals surface area contributed by atoms with Crippen molar-refractivity contribution in [2.45, 2.75) is 26.0 Å². The molecule has 0 radical (unpaired) electrons. The minimum atomic E-state index is -0.341. The van der Waals surface area contributed by atoms with E-state index in [0.717, 1.165) is 22.5 Å². The first-order chi connectivity index (χ1) is 22.8. The van der Waals surface area contributed by atoms with Gasteiger partial charge in [-0.1, -0.05) is 47.5 Å². The highest BCUT2D eigenvalue weighted by Gasteiger charge is 2.21. The monoisotopic (exact) mass is 675 g/mol. The zero-order valence-corrected chi connectivity index (χ0v) is 27.7. The van der Waals surface area contributed by atoms with Gasteiger partial charge in [0.15, 0.2) is 0 Å². The summed E-state index contributed by atoms with van der Waals surface area (Å²) in [4.78, 5) is 36.0. The molecule has 0 aliphatic carbocycles. The fourth-order valence-electron chi connectivity index (χ4n) is 4.98. The number of carbonyl (C=O) groups excluding carboxylic acids is 2. The number of hydrogen-bond acceptors (Lipinski definition) is 8. The van der Waals surface area contributed by atoms with Gasteiger partial charge in [0.1, 0.15) is 17.9 Å². The smallest absolute Gasteiger partial charge is 0.297 e.